The van der Waals surface area contributed by atoms with Crippen molar-refractivity contribution in [2.24, 2.45) is 5.41 Å². The number of rotatable bonds is 22. The Bertz CT molecular complexity index is 2450. The van der Waals surface area contributed by atoms with E-state index in [1.807, 2.05) is 13.8 Å². The molecule has 3 atom stereocenters. The lowest BCUT2D eigenvalue weighted by atomic mass is 9.81. The number of carbonyl (C=O) groups is 8. The Morgan fingerprint density at radius 3 is 2.07 bits per heavy atom. The lowest BCUT2D eigenvalue weighted by Gasteiger charge is -2.32. The fraction of sp³-hybridized carbons (Fsp3) is 0.583. The molecule has 384 valence electrons. The average molecular weight is 1040 g/mol. The molecular weight excluding hydrogens is 974 g/mol. The Hall–Kier alpha value is -5.15. The highest BCUT2D eigenvalue weighted by Gasteiger charge is 2.65. The molecule has 3 aliphatic rings. The van der Waals surface area contributed by atoms with Gasteiger partial charge in [0.05, 0.1) is 39.5 Å². The van der Waals surface area contributed by atoms with Crippen LogP contribution in [0, 0.1) is 5.41 Å². The van der Waals surface area contributed by atoms with Crippen LogP contribution < -0.4 is 21.3 Å². The number of hydroxylamine groups is 2. The highest BCUT2D eigenvalue weighted by molar-refractivity contribution is 7.87. The molecular formula is C48H62Cl2N5O14S-. The molecule has 19 nitrogen and oxygen atoms in total. The fourth-order valence-electron chi connectivity index (χ4n) is 8.50. The SMILES string of the molecule is CC(C)(CCOC(C)(C)CCC(=O)NCCC1(C(=O)N[C@]2(C(=O)OC(C)(C)C)C[C@@H]2c2ccc(NC(=O)c3c(Cl)cccc3Cl)cc2)CCCC1)NC(=O)CCC(=O)ON1C(=O)CC(S(=O)(=O)[O-])C1=O. The highest BCUT2D eigenvalue weighted by atomic mass is 35.5. The molecule has 2 aliphatic carbocycles. The zero-order chi connectivity index (χ0) is 52.0. The molecule has 1 saturated heterocycles. The van der Waals surface area contributed by atoms with Crippen LogP contribution in [0.25, 0.3) is 0 Å². The van der Waals surface area contributed by atoms with E-state index >= 15 is 0 Å². The summed E-state index contributed by atoms with van der Waals surface area (Å²) >= 11 is 12.5. The van der Waals surface area contributed by atoms with Gasteiger partial charge in [0.15, 0.2) is 0 Å². The van der Waals surface area contributed by atoms with Gasteiger partial charge in [-0.2, -0.15) is 0 Å². The fourth-order valence-corrected chi connectivity index (χ4v) is 9.76. The molecule has 70 heavy (non-hydrogen) atoms. The van der Waals surface area contributed by atoms with E-state index in [4.69, 9.17) is 32.7 Å². The van der Waals surface area contributed by atoms with Crippen LogP contribution in [0.1, 0.15) is 147 Å². The maximum Gasteiger partial charge on any atom is 0.333 e. The second kappa shape index (κ2) is 22.1. The minimum Gasteiger partial charge on any atom is -0.747 e. The lowest BCUT2D eigenvalue weighted by molar-refractivity contribution is -0.197. The number of imide groups is 1. The molecule has 1 aliphatic heterocycles. The third kappa shape index (κ3) is 14.7. The number of nitrogens with one attached hydrogen (secondary N) is 4. The van der Waals surface area contributed by atoms with Crippen LogP contribution >= 0.6 is 23.2 Å². The predicted octanol–water partition coefficient (Wildman–Crippen LogP) is 5.77. The summed E-state index contributed by atoms with van der Waals surface area (Å²) in [5, 5.41) is 9.82. The second-order valence-corrected chi connectivity index (χ2v) is 22.8. The summed E-state index contributed by atoms with van der Waals surface area (Å²) in [5.74, 6) is -6.26. The molecule has 5 rings (SSSR count). The van der Waals surface area contributed by atoms with E-state index in [1.165, 1.54) is 0 Å². The second-order valence-electron chi connectivity index (χ2n) is 20.4. The van der Waals surface area contributed by atoms with Gasteiger partial charge in [-0.3, -0.25) is 28.8 Å². The van der Waals surface area contributed by atoms with Crippen LogP contribution in [0.4, 0.5) is 5.69 Å². The summed E-state index contributed by atoms with van der Waals surface area (Å²) in [7, 11) is -5.13. The van der Waals surface area contributed by atoms with Gasteiger partial charge < -0.3 is 40.1 Å². The van der Waals surface area contributed by atoms with Crippen LogP contribution in [0.3, 0.4) is 0 Å². The minimum absolute atomic E-state index is 0.0631. The molecule has 2 aromatic carbocycles. The number of nitrogens with zero attached hydrogens (tertiary/aromatic N) is 1. The number of halogens is 2. The quantitative estimate of drug-likeness (QED) is 0.0620. The first-order valence-corrected chi connectivity index (χ1v) is 25.3. The number of amides is 6. The minimum atomic E-state index is -5.13. The van der Waals surface area contributed by atoms with Crippen LogP contribution in [0.5, 0.6) is 0 Å². The van der Waals surface area contributed by atoms with E-state index in [9.17, 15) is 51.3 Å². The molecule has 0 bridgehead atoms. The maximum absolute atomic E-state index is 14.4. The van der Waals surface area contributed by atoms with Crippen molar-refractivity contribution in [3.05, 3.63) is 63.6 Å². The van der Waals surface area contributed by atoms with E-state index in [2.05, 4.69) is 26.1 Å². The third-order valence-corrected chi connectivity index (χ3v) is 14.3. The predicted molar refractivity (Wildman–Crippen MR) is 255 cm³/mol. The smallest absolute Gasteiger partial charge is 0.333 e. The largest absolute Gasteiger partial charge is 0.747 e. The van der Waals surface area contributed by atoms with Crippen LogP contribution in [-0.2, 0) is 58.0 Å². The molecule has 2 aromatic rings. The number of esters is 1. The van der Waals surface area contributed by atoms with E-state index in [0.29, 0.717) is 44.2 Å². The van der Waals surface area contributed by atoms with Gasteiger partial charge in [-0.25, -0.2) is 18.0 Å². The van der Waals surface area contributed by atoms with Gasteiger partial charge in [-0.05, 0) is 117 Å². The standard InChI is InChI=1S/C48H63Cl2N5O14S/c1-44(2,3)68-43(63)48(28-31(48)29-13-15-30(16-14-29)52-40(60)39-32(49)11-10-12-33(39)50)54-42(62)47(20-8-9-21-47)23-25-51-35(56)19-22-46(6,7)67-26-24-45(4,5)53-36(57)17-18-38(59)69-55-37(58)27-34(41(55)61)70(64,65)66/h10-16,31,34H,8-9,17-28H2,1-7H3,(H,51,56)(H,52,60)(H,53,57)(H,54,62)(H,64,65,66)/p-1/t31-,34?,48-/m1/s1. The van der Waals surface area contributed by atoms with Gasteiger partial charge in [0.2, 0.25) is 17.7 Å². The first kappa shape index (κ1) is 55.8. The summed E-state index contributed by atoms with van der Waals surface area (Å²) in [5.41, 5.74) is -3.10. The van der Waals surface area contributed by atoms with E-state index in [-0.39, 0.29) is 58.5 Å². The zero-order valence-electron chi connectivity index (χ0n) is 40.4. The molecule has 4 N–H and O–H groups in total. The van der Waals surface area contributed by atoms with Crippen molar-refractivity contribution in [2.75, 3.05) is 18.5 Å². The Balaban J connectivity index is 1.07. The number of anilines is 1. The van der Waals surface area contributed by atoms with Gasteiger partial charge in [0.25, 0.3) is 17.7 Å². The van der Waals surface area contributed by atoms with Crippen molar-refractivity contribution >= 4 is 86.4 Å². The Kier molecular flexibility index (Phi) is 17.6. The number of ether oxygens (including phenoxy) is 2. The number of hydrogen-bond acceptors (Lipinski definition) is 14. The summed E-state index contributed by atoms with van der Waals surface area (Å²) in [6, 6.07) is 11.8. The summed E-state index contributed by atoms with van der Waals surface area (Å²) in [4.78, 5) is 108. The first-order chi connectivity index (χ1) is 32.5. The Morgan fingerprint density at radius 2 is 1.49 bits per heavy atom. The Labute approximate surface area is 417 Å². The van der Waals surface area contributed by atoms with Crippen molar-refractivity contribution in [1.82, 2.24) is 21.0 Å². The normalized spacial score (nSPS) is 20.1. The van der Waals surface area contributed by atoms with Crippen LogP contribution in [0.15, 0.2) is 42.5 Å². The van der Waals surface area contributed by atoms with Gasteiger partial charge in [-0.15, -0.1) is 5.06 Å². The molecule has 22 heteroatoms. The molecule has 1 unspecified atom stereocenters. The highest BCUT2D eigenvalue weighted by Crippen LogP contribution is 2.54. The zero-order valence-corrected chi connectivity index (χ0v) is 42.8. The van der Waals surface area contributed by atoms with Crippen molar-refractivity contribution in [3.8, 4) is 0 Å². The molecule has 0 radical (unpaired) electrons. The molecule has 0 spiro atoms. The molecule has 3 fully saturated rings. The molecule has 2 saturated carbocycles. The van der Waals surface area contributed by atoms with Crippen LogP contribution in [-0.4, -0.2) is 106 Å². The lowest BCUT2D eigenvalue weighted by Crippen LogP contribution is -2.52. The average Bonchev–Trinajstić information content (AvgIpc) is 3.62. The number of carbonyl (C=O) groups excluding carboxylic acids is 8. The molecule has 1 heterocycles. The van der Waals surface area contributed by atoms with Crippen molar-refractivity contribution < 1.29 is 65.6 Å². The van der Waals surface area contributed by atoms with Gasteiger partial charge >= 0.3 is 11.9 Å². The van der Waals surface area contributed by atoms with E-state index in [0.717, 1.165) is 18.4 Å². The third-order valence-electron chi connectivity index (χ3n) is 12.6. The Morgan fingerprint density at radius 1 is 0.857 bits per heavy atom. The molecule has 6 amide bonds. The van der Waals surface area contributed by atoms with Crippen molar-refractivity contribution in [2.45, 2.75) is 159 Å². The molecule has 0 aromatic heterocycles. The van der Waals surface area contributed by atoms with Gasteiger partial charge in [-0.1, -0.05) is 54.2 Å². The van der Waals surface area contributed by atoms with E-state index < -0.39 is 97.4 Å². The summed E-state index contributed by atoms with van der Waals surface area (Å²) in [6.45, 7) is 12.8. The van der Waals surface area contributed by atoms with Gasteiger partial charge in [0.1, 0.15) is 26.5 Å². The van der Waals surface area contributed by atoms with E-state index in [1.54, 1.807) is 77.1 Å². The van der Waals surface area contributed by atoms with Crippen molar-refractivity contribution in [3.63, 3.8) is 0 Å². The summed E-state index contributed by atoms with van der Waals surface area (Å²) < 4.78 is 45.6. The first-order valence-electron chi connectivity index (χ1n) is 23.1. The topological polar surface area (TPSA) is 273 Å². The maximum atomic E-state index is 14.4. The van der Waals surface area contributed by atoms with Gasteiger partial charge in [0, 0.05) is 43.1 Å². The van der Waals surface area contributed by atoms with Crippen molar-refractivity contribution in [1.29, 1.82) is 0 Å². The van der Waals surface area contributed by atoms with Crippen LogP contribution in [0.2, 0.25) is 10.0 Å². The summed E-state index contributed by atoms with van der Waals surface area (Å²) in [6.07, 6.45) is 2.41. The number of benzene rings is 2. The monoisotopic (exact) mass is 1030 g/mol. The number of hydrogen-bond donors (Lipinski definition) is 4.